The minimum Gasteiger partial charge on any atom is -0.507 e. The molecular formula is C31H32N2O8S. The number of ether oxygens (including phenoxy) is 4. The van der Waals surface area contributed by atoms with Crippen molar-refractivity contribution in [2.45, 2.75) is 33.2 Å². The Bertz CT molecular complexity index is 1530. The number of aryl methyl sites for hydroxylation is 1. The van der Waals surface area contributed by atoms with Crippen molar-refractivity contribution in [2.75, 3.05) is 31.8 Å². The van der Waals surface area contributed by atoms with Crippen LogP contribution >= 0.6 is 11.3 Å². The van der Waals surface area contributed by atoms with Crippen molar-refractivity contribution in [3.8, 4) is 17.2 Å². The van der Waals surface area contributed by atoms with E-state index >= 15 is 0 Å². The molecule has 0 saturated carbocycles. The summed E-state index contributed by atoms with van der Waals surface area (Å²) in [6, 6.07) is 10.5. The van der Waals surface area contributed by atoms with E-state index in [-0.39, 0.29) is 27.9 Å². The summed E-state index contributed by atoms with van der Waals surface area (Å²) in [4.78, 5) is 45.3. The third-order valence-electron chi connectivity index (χ3n) is 6.35. The molecule has 220 valence electrons. The van der Waals surface area contributed by atoms with Crippen LogP contribution in [0.25, 0.3) is 5.76 Å². The predicted molar refractivity (Wildman–Crippen MR) is 159 cm³/mol. The molecule has 1 atom stereocenters. The Morgan fingerprint density at radius 1 is 1.10 bits per heavy atom. The Morgan fingerprint density at radius 2 is 1.83 bits per heavy atom. The van der Waals surface area contributed by atoms with Gasteiger partial charge in [-0.2, -0.15) is 0 Å². The number of hydrogen-bond acceptors (Lipinski definition) is 10. The van der Waals surface area contributed by atoms with Crippen LogP contribution in [0.1, 0.15) is 52.8 Å². The number of carbonyl (C=O) groups excluding carboxylic acids is 3. The minimum atomic E-state index is -1.09. The summed E-state index contributed by atoms with van der Waals surface area (Å²) in [5.41, 5.74) is 0.981. The number of carbonyl (C=O) groups is 3. The van der Waals surface area contributed by atoms with E-state index in [9.17, 15) is 19.5 Å². The van der Waals surface area contributed by atoms with Crippen molar-refractivity contribution in [1.82, 2.24) is 4.98 Å². The Kier molecular flexibility index (Phi) is 9.64. The van der Waals surface area contributed by atoms with E-state index in [2.05, 4.69) is 11.6 Å². The van der Waals surface area contributed by atoms with Gasteiger partial charge in [-0.3, -0.25) is 14.5 Å². The number of rotatable bonds is 12. The first kappa shape index (κ1) is 30.3. The van der Waals surface area contributed by atoms with Crippen molar-refractivity contribution >= 4 is 39.9 Å². The number of benzene rings is 2. The first-order chi connectivity index (χ1) is 20.2. The zero-order valence-electron chi connectivity index (χ0n) is 23.8. The lowest BCUT2D eigenvalue weighted by Crippen LogP contribution is -2.29. The summed E-state index contributed by atoms with van der Waals surface area (Å²) in [5, 5.41) is 11.6. The Hall–Kier alpha value is -4.64. The molecule has 1 saturated heterocycles. The van der Waals surface area contributed by atoms with Crippen LogP contribution in [0.5, 0.6) is 17.2 Å². The molecule has 0 radical (unpaired) electrons. The van der Waals surface area contributed by atoms with Crippen LogP contribution in [-0.4, -0.2) is 54.7 Å². The number of ketones is 1. The van der Waals surface area contributed by atoms with E-state index in [0.29, 0.717) is 47.3 Å². The monoisotopic (exact) mass is 592 g/mol. The Morgan fingerprint density at radius 3 is 2.48 bits per heavy atom. The van der Waals surface area contributed by atoms with E-state index in [1.165, 1.54) is 12.0 Å². The molecule has 11 heteroatoms. The van der Waals surface area contributed by atoms with Gasteiger partial charge in [0.25, 0.3) is 5.78 Å². The van der Waals surface area contributed by atoms with Crippen LogP contribution in [0.2, 0.25) is 0 Å². The van der Waals surface area contributed by atoms with Crippen molar-refractivity contribution < 1.29 is 38.4 Å². The fourth-order valence-electron chi connectivity index (χ4n) is 4.43. The highest BCUT2D eigenvalue weighted by molar-refractivity contribution is 7.17. The maximum absolute atomic E-state index is 13.6. The van der Waals surface area contributed by atoms with Gasteiger partial charge in [-0.25, -0.2) is 9.78 Å². The summed E-state index contributed by atoms with van der Waals surface area (Å²) in [6.45, 7) is 10.2. The molecule has 0 bridgehead atoms. The molecule has 0 spiro atoms. The van der Waals surface area contributed by atoms with Gasteiger partial charge >= 0.3 is 11.9 Å². The highest BCUT2D eigenvalue weighted by Gasteiger charge is 2.48. The number of anilines is 1. The highest BCUT2D eigenvalue weighted by atomic mass is 32.1. The first-order valence-electron chi connectivity index (χ1n) is 13.4. The van der Waals surface area contributed by atoms with Gasteiger partial charge in [0, 0.05) is 5.56 Å². The van der Waals surface area contributed by atoms with E-state index in [1.54, 1.807) is 55.5 Å². The van der Waals surface area contributed by atoms with Crippen LogP contribution in [0.4, 0.5) is 5.13 Å². The standard InChI is InChI=1S/C31H32N2O8S/c1-6-15-40-21-12-9-19(10-13-21)26(34)24-25(20-11-14-22(41-16-7-2)23(17-20)39-8-3)33(29(36)27(24)35)31-32-18(4)28(42-31)30(37)38-5/h7,9-14,17,25,34H,2,6,8,15-16H2,1,3-5H3/b26-24+. The maximum atomic E-state index is 13.6. The quantitative estimate of drug-likeness (QED) is 0.0938. The van der Waals surface area contributed by atoms with Crippen LogP contribution in [0, 0.1) is 6.92 Å². The summed E-state index contributed by atoms with van der Waals surface area (Å²) in [6.07, 6.45) is 2.43. The predicted octanol–water partition coefficient (Wildman–Crippen LogP) is 5.62. The second-order valence-corrected chi connectivity index (χ2v) is 10.2. The van der Waals surface area contributed by atoms with Gasteiger partial charge in [0.15, 0.2) is 16.6 Å². The van der Waals surface area contributed by atoms with Gasteiger partial charge in [0.1, 0.15) is 23.0 Å². The summed E-state index contributed by atoms with van der Waals surface area (Å²) < 4.78 is 22.0. The van der Waals surface area contributed by atoms with E-state index in [0.717, 1.165) is 17.8 Å². The zero-order valence-corrected chi connectivity index (χ0v) is 24.7. The number of nitrogens with zero attached hydrogens (tertiary/aromatic N) is 2. The summed E-state index contributed by atoms with van der Waals surface area (Å²) in [5.74, 6) is -1.36. The molecule has 42 heavy (non-hydrogen) atoms. The average Bonchev–Trinajstić information content (AvgIpc) is 3.51. The zero-order chi connectivity index (χ0) is 30.4. The number of amides is 1. The van der Waals surface area contributed by atoms with E-state index in [4.69, 9.17) is 18.9 Å². The van der Waals surface area contributed by atoms with E-state index < -0.39 is 23.7 Å². The second-order valence-electron chi connectivity index (χ2n) is 9.18. The lowest BCUT2D eigenvalue weighted by atomic mass is 9.95. The molecule has 1 aromatic heterocycles. The molecule has 10 nitrogen and oxygen atoms in total. The maximum Gasteiger partial charge on any atom is 0.350 e. The smallest absolute Gasteiger partial charge is 0.350 e. The Labute approximate surface area is 247 Å². The summed E-state index contributed by atoms with van der Waals surface area (Å²) >= 11 is 0.921. The van der Waals surface area contributed by atoms with Gasteiger partial charge in [0.2, 0.25) is 0 Å². The third-order valence-corrected chi connectivity index (χ3v) is 7.48. The van der Waals surface area contributed by atoms with Gasteiger partial charge < -0.3 is 24.1 Å². The molecule has 2 aromatic carbocycles. The Balaban J connectivity index is 1.90. The molecule has 4 rings (SSSR count). The van der Waals surface area contributed by atoms with Crippen molar-refractivity contribution in [1.29, 1.82) is 0 Å². The van der Waals surface area contributed by atoms with Crippen LogP contribution in [0.3, 0.4) is 0 Å². The molecule has 0 aliphatic carbocycles. The minimum absolute atomic E-state index is 0.104. The number of hydrogen-bond donors (Lipinski definition) is 1. The van der Waals surface area contributed by atoms with Gasteiger partial charge in [-0.05, 0) is 62.2 Å². The molecule has 1 N–H and O–H groups in total. The van der Waals surface area contributed by atoms with Crippen molar-refractivity contribution in [3.05, 3.63) is 82.4 Å². The van der Waals surface area contributed by atoms with Crippen LogP contribution in [0.15, 0.2) is 60.7 Å². The SMILES string of the molecule is C=CCOc1ccc(C2/C(=C(\O)c3ccc(OCCC)cc3)C(=O)C(=O)N2c2nc(C)c(C(=O)OC)s2)cc1OCC. The number of aliphatic hydroxyl groups is 1. The number of Topliss-reactive ketones (excluding diaryl/α,β-unsaturated/α-hetero) is 1. The summed E-state index contributed by atoms with van der Waals surface area (Å²) in [7, 11) is 1.25. The third kappa shape index (κ3) is 6.01. The number of aromatic nitrogens is 1. The molecule has 1 fully saturated rings. The number of aliphatic hydroxyl groups excluding tert-OH is 1. The molecule has 3 aromatic rings. The van der Waals surface area contributed by atoms with Crippen molar-refractivity contribution in [3.63, 3.8) is 0 Å². The second kappa shape index (κ2) is 13.3. The van der Waals surface area contributed by atoms with Crippen molar-refractivity contribution in [2.24, 2.45) is 0 Å². The topological polar surface area (TPSA) is 124 Å². The normalized spacial score (nSPS) is 15.9. The van der Waals surface area contributed by atoms with Gasteiger partial charge in [-0.15, -0.1) is 0 Å². The van der Waals surface area contributed by atoms with Crippen LogP contribution < -0.4 is 19.1 Å². The lowest BCUT2D eigenvalue weighted by Gasteiger charge is -2.24. The van der Waals surface area contributed by atoms with Crippen LogP contribution in [-0.2, 0) is 14.3 Å². The largest absolute Gasteiger partial charge is 0.507 e. The highest BCUT2D eigenvalue weighted by Crippen LogP contribution is 2.45. The fraction of sp³-hybridized carbons (Fsp3) is 0.290. The van der Waals surface area contributed by atoms with Gasteiger partial charge in [-0.1, -0.05) is 37.0 Å². The molecule has 2 heterocycles. The first-order valence-corrected chi connectivity index (χ1v) is 14.2. The number of methoxy groups -OCH3 is 1. The van der Waals surface area contributed by atoms with Gasteiger partial charge in [0.05, 0.1) is 37.6 Å². The molecule has 1 aliphatic rings. The molecule has 1 aliphatic heterocycles. The number of esters is 1. The number of thiazole rings is 1. The molecular weight excluding hydrogens is 560 g/mol. The lowest BCUT2D eigenvalue weighted by molar-refractivity contribution is -0.132. The molecule has 1 unspecified atom stereocenters. The fourth-order valence-corrected chi connectivity index (χ4v) is 5.44. The molecule has 1 amide bonds. The van der Waals surface area contributed by atoms with E-state index in [1.807, 2.05) is 13.8 Å². The average molecular weight is 593 g/mol.